The second-order valence-electron chi connectivity index (χ2n) is 5.63. The molecule has 14 heavy (non-hydrogen) atoms. The van der Waals surface area contributed by atoms with Crippen molar-refractivity contribution in [1.29, 1.82) is 0 Å². The standard InChI is InChI=1S/C12H24N2/c1-4-12(2,3)13-11-9-14-7-5-10(11)6-8-14/h10-11,13H,4-9H2,1-3H3/t11-/m0/s1. The van der Waals surface area contributed by atoms with Gasteiger partial charge in [-0.25, -0.2) is 0 Å². The Morgan fingerprint density at radius 1 is 1.29 bits per heavy atom. The van der Waals surface area contributed by atoms with Crippen molar-refractivity contribution in [2.24, 2.45) is 5.92 Å². The van der Waals surface area contributed by atoms with Crippen LogP contribution in [0.5, 0.6) is 0 Å². The topological polar surface area (TPSA) is 15.3 Å². The number of nitrogens with one attached hydrogen (secondary N) is 1. The maximum absolute atomic E-state index is 3.83. The Bertz CT molecular complexity index is 192. The second kappa shape index (κ2) is 3.82. The Morgan fingerprint density at radius 2 is 1.93 bits per heavy atom. The first kappa shape index (κ1) is 10.4. The molecule has 1 atom stereocenters. The molecule has 3 heterocycles. The van der Waals surface area contributed by atoms with Gasteiger partial charge >= 0.3 is 0 Å². The summed E-state index contributed by atoms with van der Waals surface area (Å²) in [6.07, 6.45) is 4.05. The molecular formula is C12H24N2. The fourth-order valence-electron chi connectivity index (χ4n) is 2.73. The molecule has 3 fully saturated rings. The molecule has 0 amide bonds. The summed E-state index contributed by atoms with van der Waals surface area (Å²) in [5.74, 6) is 0.950. The van der Waals surface area contributed by atoms with Crippen LogP contribution < -0.4 is 5.32 Å². The van der Waals surface area contributed by atoms with E-state index in [1.165, 1.54) is 38.9 Å². The number of hydrogen-bond acceptors (Lipinski definition) is 2. The molecule has 0 aromatic rings. The van der Waals surface area contributed by atoms with E-state index >= 15 is 0 Å². The summed E-state index contributed by atoms with van der Waals surface area (Å²) in [4.78, 5) is 2.61. The van der Waals surface area contributed by atoms with E-state index in [1.54, 1.807) is 0 Å². The molecular weight excluding hydrogens is 172 g/mol. The molecule has 0 unspecified atom stereocenters. The highest BCUT2D eigenvalue weighted by atomic mass is 15.2. The molecule has 3 aliphatic heterocycles. The predicted octanol–water partition coefficient (Wildman–Crippen LogP) is 1.86. The third kappa shape index (κ3) is 2.12. The third-order valence-corrected chi connectivity index (χ3v) is 4.12. The van der Waals surface area contributed by atoms with Gasteiger partial charge in [0.1, 0.15) is 0 Å². The van der Waals surface area contributed by atoms with Crippen molar-refractivity contribution in [3.63, 3.8) is 0 Å². The monoisotopic (exact) mass is 196 g/mol. The van der Waals surface area contributed by atoms with Crippen LogP contribution in [0.3, 0.4) is 0 Å². The van der Waals surface area contributed by atoms with Crippen molar-refractivity contribution in [2.45, 2.75) is 51.6 Å². The zero-order chi connectivity index (χ0) is 10.2. The van der Waals surface area contributed by atoms with E-state index in [0.717, 1.165) is 12.0 Å². The average Bonchev–Trinajstić information content (AvgIpc) is 2.19. The minimum atomic E-state index is 0.323. The third-order valence-electron chi connectivity index (χ3n) is 4.12. The summed E-state index contributed by atoms with van der Waals surface area (Å²) in [5, 5.41) is 3.83. The molecule has 3 rings (SSSR count). The Labute approximate surface area is 88.1 Å². The Hall–Kier alpha value is -0.0800. The van der Waals surface area contributed by atoms with Crippen molar-refractivity contribution in [3.05, 3.63) is 0 Å². The molecule has 2 bridgehead atoms. The predicted molar refractivity (Wildman–Crippen MR) is 60.5 cm³/mol. The second-order valence-corrected chi connectivity index (χ2v) is 5.63. The first-order valence-electron chi connectivity index (χ1n) is 6.11. The number of rotatable bonds is 3. The van der Waals surface area contributed by atoms with Gasteiger partial charge in [0.25, 0.3) is 0 Å². The molecule has 3 aliphatic rings. The highest BCUT2D eigenvalue weighted by molar-refractivity contribution is 4.94. The fraction of sp³-hybridized carbons (Fsp3) is 1.00. The maximum Gasteiger partial charge on any atom is 0.0229 e. The van der Waals surface area contributed by atoms with E-state index in [0.29, 0.717) is 5.54 Å². The highest BCUT2D eigenvalue weighted by Gasteiger charge is 2.35. The van der Waals surface area contributed by atoms with E-state index < -0.39 is 0 Å². The Morgan fingerprint density at radius 3 is 2.36 bits per heavy atom. The van der Waals surface area contributed by atoms with Gasteiger partial charge in [-0.3, -0.25) is 0 Å². The van der Waals surface area contributed by atoms with Gasteiger partial charge in [-0.05, 0) is 52.1 Å². The summed E-state index contributed by atoms with van der Waals surface area (Å²) in [6.45, 7) is 10.9. The Kier molecular flexibility index (Phi) is 2.85. The lowest BCUT2D eigenvalue weighted by molar-refractivity contribution is 0.0583. The van der Waals surface area contributed by atoms with Gasteiger partial charge < -0.3 is 10.2 Å². The van der Waals surface area contributed by atoms with Crippen molar-refractivity contribution in [3.8, 4) is 0 Å². The maximum atomic E-state index is 3.83. The van der Waals surface area contributed by atoms with E-state index in [4.69, 9.17) is 0 Å². The van der Waals surface area contributed by atoms with Crippen LogP contribution in [-0.4, -0.2) is 36.1 Å². The van der Waals surface area contributed by atoms with E-state index in [1.807, 2.05) is 0 Å². The Balaban J connectivity index is 1.92. The molecule has 0 spiro atoms. The molecule has 0 aliphatic carbocycles. The van der Waals surface area contributed by atoms with Crippen LogP contribution >= 0.6 is 0 Å². The van der Waals surface area contributed by atoms with Crippen molar-refractivity contribution >= 4 is 0 Å². The van der Waals surface area contributed by atoms with Crippen LogP contribution in [0.1, 0.15) is 40.0 Å². The van der Waals surface area contributed by atoms with Gasteiger partial charge in [0.15, 0.2) is 0 Å². The van der Waals surface area contributed by atoms with E-state index in [-0.39, 0.29) is 0 Å². The summed E-state index contributed by atoms with van der Waals surface area (Å²) in [6, 6.07) is 0.757. The zero-order valence-electron chi connectivity index (χ0n) is 9.84. The van der Waals surface area contributed by atoms with Crippen LogP contribution in [-0.2, 0) is 0 Å². The van der Waals surface area contributed by atoms with Crippen LogP contribution in [0.25, 0.3) is 0 Å². The number of nitrogens with zero attached hydrogens (tertiary/aromatic N) is 1. The van der Waals surface area contributed by atoms with Crippen molar-refractivity contribution in [1.82, 2.24) is 10.2 Å². The molecule has 82 valence electrons. The lowest BCUT2D eigenvalue weighted by Gasteiger charge is -2.47. The van der Waals surface area contributed by atoms with Crippen LogP contribution in [0, 0.1) is 5.92 Å². The highest BCUT2D eigenvalue weighted by Crippen LogP contribution is 2.29. The molecule has 0 aromatic heterocycles. The van der Waals surface area contributed by atoms with Gasteiger partial charge in [0.05, 0.1) is 0 Å². The largest absolute Gasteiger partial charge is 0.308 e. The summed E-state index contributed by atoms with van der Waals surface area (Å²) >= 11 is 0. The quantitative estimate of drug-likeness (QED) is 0.741. The lowest BCUT2D eigenvalue weighted by Crippen LogP contribution is -2.60. The average molecular weight is 196 g/mol. The number of hydrogen-bond donors (Lipinski definition) is 1. The first-order chi connectivity index (χ1) is 6.61. The van der Waals surface area contributed by atoms with Crippen LogP contribution in [0.15, 0.2) is 0 Å². The molecule has 3 saturated heterocycles. The molecule has 0 saturated carbocycles. The zero-order valence-corrected chi connectivity index (χ0v) is 9.84. The van der Waals surface area contributed by atoms with Crippen LogP contribution in [0.4, 0.5) is 0 Å². The summed E-state index contributed by atoms with van der Waals surface area (Å²) in [7, 11) is 0. The SMILES string of the molecule is CCC(C)(C)N[C@H]1CN2CCC1CC2. The van der Waals surface area contributed by atoms with Gasteiger partial charge in [-0.2, -0.15) is 0 Å². The molecule has 2 heteroatoms. The van der Waals surface area contributed by atoms with Gasteiger partial charge in [-0.1, -0.05) is 6.92 Å². The van der Waals surface area contributed by atoms with Gasteiger partial charge in [0, 0.05) is 18.1 Å². The molecule has 0 aromatic carbocycles. The molecule has 2 nitrogen and oxygen atoms in total. The number of piperidine rings is 3. The lowest BCUT2D eigenvalue weighted by atomic mass is 9.82. The summed E-state index contributed by atoms with van der Waals surface area (Å²) in [5.41, 5.74) is 0.323. The number of fused-ring (bicyclic) bond motifs is 3. The van der Waals surface area contributed by atoms with Crippen molar-refractivity contribution < 1.29 is 0 Å². The normalized spacial score (nSPS) is 37.5. The first-order valence-corrected chi connectivity index (χ1v) is 6.11. The van der Waals surface area contributed by atoms with Gasteiger partial charge in [-0.15, -0.1) is 0 Å². The summed E-state index contributed by atoms with van der Waals surface area (Å²) < 4.78 is 0. The molecule has 1 N–H and O–H groups in total. The van der Waals surface area contributed by atoms with Gasteiger partial charge in [0.2, 0.25) is 0 Å². The minimum Gasteiger partial charge on any atom is -0.308 e. The molecule has 0 radical (unpaired) electrons. The fourth-order valence-corrected chi connectivity index (χ4v) is 2.73. The van der Waals surface area contributed by atoms with Crippen molar-refractivity contribution in [2.75, 3.05) is 19.6 Å². The minimum absolute atomic E-state index is 0.323. The van der Waals surface area contributed by atoms with E-state index in [9.17, 15) is 0 Å². The van der Waals surface area contributed by atoms with E-state index in [2.05, 4.69) is 31.0 Å². The van der Waals surface area contributed by atoms with Crippen LogP contribution in [0.2, 0.25) is 0 Å². The smallest absolute Gasteiger partial charge is 0.0229 e.